The molecule has 0 aliphatic rings. The molecule has 0 saturated carbocycles. The van der Waals surface area contributed by atoms with Crippen molar-refractivity contribution in [2.75, 3.05) is 77.6 Å². The maximum absolute atomic E-state index is 15.1. The van der Waals surface area contributed by atoms with Gasteiger partial charge in [-0.1, -0.05) is 38.1 Å². The van der Waals surface area contributed by atoms with Crippen molar-refractivity contribution in [3.8, 4) is 34.8 Å². The first-order chi connectivity index (χ1) is 35.9. The fraction of sp³-hybridized carbons (Fsp3) is 0.465. The standard InChI is InChI=1S/C43H58N8O23S/c1-43(2,29-69-41(53)66-22-7-10-25-72-50(57)58)31-15-17-32(18-16-31)75(61,62)48(30-70-42(54)67-23-8-11-26-73-51(59)60)38-35(74-34-14-5-4-13-33(34)63-3)39(47-37(46-38)36-44-19-12-20-45-36)64-27-28-68-40(52)65-21-6-9-24-71-49(55)56/h4-5,12-20,55-60H,6-11,21-30H2,1-3H3. The monoisotopic (exact) mass is 1090 g/mol. The third kappa shape index (κ3) is 21.5. The summed E-state index contributed by atoms with van der Waals surface area (Å²) in [6.07, 6.45) is 0.872. The van der Waals surface area contributed by atoms with Crippen LogP contribution >= 0.6 is 0 Å². The zero-order valence-electron chi connectivity index (χ0n) is 40.8. The van der Waals surface area contributed by atoms with Crippen LogP contribution in [0.4, 0.5) is 20.2 Å². The van der Waals surface area contributed by atoms with Crippen molar-refractivity contribution in [2.24, 2.45) is 0 Å². The molecule has 0 atom stereocenters. The average Bonchev–Trinajstić information content (AvgIpc) is 3.38. The van der Waals surface area contributed by atoms with Crippen LogP contribution in [0.25, 0.3) is 11.6 Å². The van der Waals surface area contributed by atoms with Crippen molar-refractivity contribution in [3.63, 3.8) is 0 Å². The lowest BCUT2D eigenvalue weighted by Gasteiger charge is -2.27. The molecule has 32 heteroatoms. The number of aromatic nitrogens is 4. The highest BCUT2D eigenvalue weighted by Crippen LogP contribution is 2.44. The van der Waals surface area contributed by atoms with Crippen molar-refractivity contribution in [2.45, 2.75) is 62.7 Å². The number of anilines is 1. The van der Waals surface area contributed by atoms with Crippen LogP contribution in [0.5, 0.6) is 23.1 Å². The van der Waals surface area contributed by atoms with Crippen LogP contribution in [0.2, 0.25) is 0 Å². The smallest absolute Gasteiger partial charge is 0.493 e. The summed E-state index contributed by atoms with van der Waals surface area (Å²) in [5.74, 6) is -1.91. The normalized spacial score (nSPS) is 11.6. The fourth-order valence-electron chi connectivity index (χ4n) is 5.89. The molecule has 0 amide bonds. The zero-order chi connectivity index (χ0) is 54.6. The van der Waals surface area contributed by atoms with Gasteiger partial charge in [-0.25, -0.2) is 42.1 Å². The van der Waals surface area contributed by atoms with Crippen LogP contribution in [0, 0.1) is 0 Å². The van der Waals surface area contributed by atoms with E-state index in [1.807, 2.05) is 0 Å². The van der Waals surface area contributed by atoms with Gasteiger partial charge in [0.2, 0.25) is 11.6 Å². The van der Waals surface area contributed by atoms with Gasteiger partial charge in [-0.2, -0.15) is 4.98 Å². The number of sulfonamides is 1. The van der Waals surface area contributed by atoms with E-state index in [9.17, 15) is 14.4 Å². The number of nitrogens with zero attached hydrogens (tertiary/aromatic N) is 8. The molecule has 4 aromatic rings. The molecule has 0 spiro atoms. The van der Waals surface area contributed by atoms with Crippen LogP contribution in [0.3, 0.4) is 0 Å². The largest absolute Gasteiger partial charge is 0.510 e. The second-order valence-corrected chi connectivity index (χ2v) is 17.4. The van der Waals surface area contributed by atoms with Gasteiger partial charge in [-0.15, -0.1) is 0 Å². The lowest BCUT2D eigenvalue weighted by Crippen LogP contribution is -2.36. The molecule has 0 fully saturated rings. The molecule has 75 heavy (non-hydrogen) atoms. The van der Waals surface area contributed by atoms with E-state index in [0.29, 0.717) is 22.7 Å². The van der Waals surface area contributed by atoms with Gasteiger partial charge in [0.05, 0.1) is 67.8 Å². The topological polar surface area (TPSA) is 382 Å². The molecule has 414 valence electrons. The lowest BCUT2D eigenvalue weighted by atomic mass is 9.86. The van der Waals surface area contributed by atoms with Gasteiger partial charge in [0.25, 0.3) is 15.9 Å². The van der Waals surface area contributed by atoms with E-state index in [0.717, 1.165) is 0 Å². The van der Waals surface area contributed by atoms with Crippen molar-refractivity contribution >= 4 is 34.3 Å². The molecular formula is C43H58N8O23S. The second kappa shape index (κ2) is 31.7. The van der Waals surface area contributed by atoms with E-state index in [2.05, 4.69) is 34.4 Å². The maximum Gasteiger partial charge on any atom is 0.510 e. The molecular weight excluding hydrogens is 1030 g/mol. The average molecular weight is 1090 g/mol. The van der Waals surface area contributed by atoms with Crippen molar-refractivity contribution < 1.29 is 111 Å². The van der Waals surface area contributed by atoms with E-state index < -0.39 is 87.5 Å². The molecule has 0 saturated heterocycles. The minimum absolute atomic E-state index is 0.00839. The van der Waals surface area contributed by atoms with Gasteiger partial charge >= 0.3 is 18.5 Å². The summed E-state index contributed by atoms with van der Waals surface area (Å²) < 4.78 is 79.7. The number of hydrogen-bond acceptors (Lipinski definition) is 30. The third-order valence-electron chi connectivity index (χ3n) is 9.61. The molecule has 0 aliphatic carbocycles. The van der Waals surface area contributed by atoms with Crippen LogP contribution in [-0.4, -0.2) is 168 Å². The predicted octanol–water partition coefficient (Wildman–Crippen LogP) is 5.38. The summed E-state index contributed by atoms with van der Waals surface area (Å²) in [5.41, 5.74) is -0.417. The summed E-state index contributed by atoms with van der Waals surface area (Å²) in [4.78, 5) is 68.3. The molecule has 0 bridgehead atoms. The maximum atomic E-state index is 15.1. The van der Waals surface area contributed by atoms with Gasteiger partial charge in [0.15, 0.2) is 29.9 Å². The van der Waals surface area contributed by atoms with E-state index >= 15 is 8.42 Å². The number of carbonyl (C=O) groups is 3. The number of benzene rings is 2. The Bertz CT molecular complexity index is 2460. The highest BCUT2D eigenvalue weighted by molar-refractivity contribution is 7.92. The van der Waals surface area contributed by atoms with Crippen molar-refractivity contribution in [1.29, 1.82) is 0 Å². The van der Waals surface area contributed by atoms with Gasteiger partial charge in [0, 0.05) is 17.8 Å². The summed E-state index contributed by atoms with van der Waals surface area (Å²) >= 11 is 0. The van der Waals surface area contributed by atoms with Gasteiger partial charge < -0.3 is 42.6 Å². The minimum atomic E-state index is -4.93. The molecule has 2 heterocycles. The Hall–Kier alpha value is -6.92. The van der Waals surface area contributed by atoms with Crippen LogP contribution < -0.4 is 18.5 Å². The Morgan fingerprint density at radius 3 is 1.60 bits per heavy atom. The Labute approximate surface area is 428 Å². The number of methoxy groups -OCH3 is 1. The molecule has 0 radical (unpaired) electrons. The number of hydrogen-bond donors (Lipinski definition) is 6. The first-order valence-electron chi connectivity index (χ1n) is 22.5. The van der Waals surface area contributed by atoms with Crippen molar-refractivity contribution in [3.05, 3.63) is 72.6 Å². The third-order valence-corrected chi connectivity index (χ3v) is 11.3. The van der Waals surface area contributed by atoms with Crippen LogP contribution in [0.1, 0.15) is 57.9 Å². The van der Waals surface area contributed by atoms with Crippen LogP contribution in [-0.2, 0) is 58.4 Å². The Kier molecular flexibility index (Phi) is 25.7. The number of unbranched alkanes of at least 4 members (excludes halogenated alkanes) is 3. The van der Waals surface area contributed by atoms with E-state index in [-0.39, 0.29) is 100.0 Å². The summed E-state index contributed by atoms with van der Waals surface area (Å²) in [6, 6.07) is 13.1. The minimum Gasteiger partial charge on any atom is -0.493 e. The Morgan fingerprint density at radius 2 is 1.07 bits per heavy atom. The number of rotatable bonds is 34. The SMILES string of the molecule is COc1ccccc1Oc1c(OCCOC(=O)OCCCCON(O)O)nc(-c2ncccn2)nc1N(COC(=O)OCCCCON(O)O)S(=O)(=O)c1ccc(C(C)(C)COC(=O)OCCCCON(O)O)cc1. The molecule has 2 aromatic carbocycles. The number of carbonyl (C=O) groups excluding carboxylic acids is 3. The van der Waals surface area contributed by atoms with E-state index in [1.165, 1.54) is 62.0 Å². The number of para-hydroxylation sites is 2. The van der Waals surface area contributed by atoms with Gasteiger partial charge in [0.1, 0.15) is 19.8 Å². The predicted molar refractivity (Wildman–Crippen MR) is 244 cm³/mol. The molecule has 2 aromatic heterocycles. The molecule has 0 unspecified atom stereocenters. The quantitative estimate of drug-likeness (QED) is 0.0112. The summed E-state index contributed by atoms with van der Waals surface area (Å²) in [7, 11) is -3.58. The van der Waals surface area contributed by atoms with E-state index in [1.54, 1.807) is 26.0 Å². The first kappa shape index (κ1) is 60.6. The first-order valence-corrected chi connectivity index (χ1v) is 23.9. The van der Waals surface area contributed by atoms with Crippen LogP contribution in [0.15, 0.2) is 71.9 Å². The Morgan fingerprint density at radius 1 is 0.573 bits per heavy atom. The van der Waals surface area contributed by atoms with Gasteiger partial charge in [-0.3, -0.25) is 45.8 Å². The van der Waals surface area contributed by atoms with E-state index in [4.69, 9.17) is 73.9 Å². The molecule has 31 nitrogen and oxygen atoms in total. The Balaban J connectivity index is 1.72. The fourth-order valence-corrected chi connectivity index (χ4v) is 7.17. The highest BCUT2D eigenvalue weighted by Gasteiger charge is 2.35. The summed E-state index contributed by atoms with van der Waals surface area (Å²) in [5, 5.41) is 50.7. The van der Waals surface area contributed by atoms with Crippen molar-refractivity contribution in [1.82, 2.24) is 36.1 Å². The zero-order valence-corrected chi connectivity index (χ0v) is 41.6. The highest BCUT2D eigenvalue weighted by atomic mass is 32.2. The molecule has 4 rings (SSSR count). The molecule has 6 N–H and O–H groups in total. The second-order valence-electron chi connectivity index (χ2n) is 15.5. The lowest BCUT2D eigenvalue weighted by molar-refractivity contribution is -0.492. The number of ether oxygens (including phenoxy) is 9. The molecule has 0 aliphatic heterocycles. The summed E-state index contributed by atoms with van der Waals surface area (Å²) in [6.45, 7) is 0.456. The van der Waals surface area contributed by atoms with Gasteiger partial charge in [-0.05, 0) is 74.4 Å².